The zero-order valence-electron chi connectivity index (χ0n) is 9.42. The van der Waals surface area contributed by atoms with Crippen LogP contribution in [0.15, 0.2) is 24.3 Å². The van der Waals surface area contributed by atoms with Crippen LogP contribution in [-0.4, -0.2) is 12.8 Å². The number of ketones is 1. The van der Waals surface area contributed by atoms with Gasteiger partial charge in [-0.2, -0.15) is 0 Å². The molecule has 0 amide bonds. The highest BCUT2D eigenvalue weighted by molar-refractivity contribution is 6.30. The fourth-order valence-corrected chi connectivity index (χ4v) is 2.69. The average molecular weight is 238 g/mol. The predicted octanol–water partition coefficient (Wildman–Crippen LogP) is 2.90. The predicted molar refractivity (Wildman–Crippen MR) is 65.7 cm³/mol. The second-order valence-electron chi connectivity index (χ2n) is 4.30. The number of benzene rings is 1. The lowest BCUT2D eigenvalue weighted by Gasteiger charge is -2.36. The molecule has 86 valence electrons. The minimum absolute atomic E-state index is 0.281. The molecule has 16 heavy (non-hydrogen) atoms. The van der Waals surface area contributed by atoms with E-state index in [4.69, 9.17) is 11.6 Å². The van der Waals surface area contributed by atoms with E-state index in [1.165, 1.54) is 0 Å². The van der Waals surface area contributed by atoms with E-state index in [0.717, 1.165) is 24.8 Å². The molecule has 1 aliphatic rings. The van der Waals surface area contributed by atoms with Crippen molar-refractivity contribution >= 4 is 17.4 Å². The number of nitrogens with one attached hydrogen (secondary N) is 1. The third-order valence-corrected chi connectivity index (χ3v) is 3.66. The Labute approximate surface area is 101 Å². The Morgan fingerprint density at radius 3 is 2.81 bits per heavy atom. The van der Waals surface area contributed by atoms with Crippen molar-refractivity contribution in [2.75, 3.05) is 7.05 Å². The molecule has 1 aliphatic carbocycles. The van der Waals surface area contributed by atoms with Crippen molar-refractivity contribution in [2.45, 2.75) is 31.2 Å². The topological polar surface area (TPSA) is 29.1 Å². The van der Waals surface area contributed by atoms with Crippen molar-refractivity contribution in [3.05, 3.63) is 34.9 Å². The van der Waals surface area contributed by atoms with Gasteiger partial charge in [-0.05, 0) is 37.6 Å². The van der Waals surface area contributed by atoms with Crippen molar-refractivity contribution in [1.29, 1.82) is 0 Å². The van der Waals surface area contributed by atoms with Gasteiger partial charge in [0.15, 0.2) is 5.78 Å². The number of hydrogen-bond donors (Lipinski definition) is 1. The lowest BCUT2D eigenvalue weighted by molar-refractivity contribution is -0.127. The molecule has 0 bridgehead atoms. The van der Waals surface area contributed by atoms with Gasteiger partial charge in [0, 0.05) is 11.4 Å². The number of rotatable bonds is 2. The van der Waals surface area contributed by atoms with Gasteiger partial charge in [-0.3, -0.25) is 4.79 Å². The maximum absolute atomic E-state index is 12.2. The van der Waals surface area contributed by atoms with E-state index in [1.54, 1.807) is 0 Å². The van der Waals surface area contributed by atoms with E-state index in [-0.39, 0.29) is 5.78 Å². The number of hydrogen-bond acceptors (Lipinski definition) is 2. The first-order valence-corrected chi connectivity index (χ1v) is 6.05. The molecule has 0 aromatic heterocycles. The van der Waals surface area contributed by atoms with Gasteiger partial charge in [0.25, 0.3) is 0 Å². The van der Waals surface area contributed by atoms with Gasteiger partial charge in [0.1, 0.15) is 5.54 Å². The Balaban J connectivity index is 2.44. The molecule has 1 atom stereocenters. The molecule has 0 heterocycles. The first-order valence-electron chi connectivity index (χ1n) is 5.67. The number of halogens is 1. The molecule has 0 radical (unpaired) electrons. The molecule has 2 nitrogen and oxygen atoms in total. The Morgan fingerprint density at radius 1 is 1.38 bits per heavy atom. The quantitative estimate of drug-likeness (QED) is 0.857. The second kappa shape index (κ2) is 4.56. The second-order valence-corrected chi connectivity index (χ2v) is 4.73. The Hall–Kier alpha value is -0.860. The van der Waals surface area contributed by atoms with Crippen LogP contribution in [0.5, 0.6) is 0 Å². The maximum Gasteiger partial charge on any atom is 0.157 e. The minimum atomic E-state index is -0.511. The van der Waals surface area contributed by atoms with Crippen LogP contribution in [0.25, 0.3) is 0 Å². The monoisotopic (exact) mass is 237 g/mol. The lowest BCUT2D eigenvalue weighted by Crippen LogP contribution is -2.49. The molecule has 1 N–H and O–H groups in total. The third-order valence-electron chi connectivity index (χ3n) is 3.43. The molecular formula is C13H16ClNO. The first kappa shape index (κ1) is 11.6. The van der Waals surface area contributed by atoms with Crippen LogP contribution in [0.2, 0.25) is 5.02 Å². The van der Waals surface area contributed by atoms with Crippen LogP contribution in [0.1, 0.15) is 31.2 Å². The van der Waals surface area contributed by atoms with Gasteiger partial charge in [-0.25, -0.2) is 0 Å². The molecule has 1 saturated carbocycles. The largest absolute Gasteiger partial charge is 0.304 e. The summed E-state index contributed by atoms with van der Waals surface area (Å²) in [6.45, 7) is 0. The highest BCUT2D eigenvalue weighted by atomic mass is 35.5. The van der Waals surface area contributed by atoms with E-state index in [9.17, 15) is 4.79 Å². The van der Waals surface area contributed by atoms with E-state index in [2.05, 4.69) is 5.32 Å². The summed E-state index contributed by atoms with van der Waals surface area (Å²) in [6.07, 6.45) is 3.61. The molecule has 1 fully saturated rings. The van der Waals surface area contributed by atoms with Gasteiger partial charge in [0.2, 0.25) is 0 Å². The Bertz CT molecular complexity index is 405. The molecular weight excluding hydrogens is 222 g/mol. The van der Waals surface area contributed by atoms with Gasteiger partial charge in [-0.15, -0.1) is 0 Å². The average Bonchev–Trinajstić information content (AvgIpc) is 2.30. The minimum Gasteiger partial charge on any atom is -0.304 e. The summed E-state index contributed by atoms with van der Waals surface area (Å²) < 4.78 is 0. The normalized spacial score (nSPS) is 25.8. The van der Waals surface area contributed by atoms with E-state index >= 15 is 0 Å². The van der Waals surface area contributed by atoms with Crippen molar-refractivity contribution < 1.29 is 4.79 Å². The number of likely N-dealkylation sites (N-methyl/N-ethyl adjacent to an activating group) is 1. The highest BCUT2D eigenvalue weighted by Gasteiger charge is 2.39. The van der Waals surface area contributed by atoms with Crippen LogP contribution in [0, 0.1) is 0 Å². The standard InChI is InChI=1S/C13H16ClNO/c1-15-13(8-3-2-7-12(13)16)10-5-4-6-11(14)9-10/h4-6,9,15H,2-3,7-8H2,1H3/t13-/m1/s1. The number of carbonyl (C=O) groups excluding carboxylic acids is 1. The summed E-state index contributed by atoms with van der Waals surface area (Å²) in [5.41, 5.74) is 0.482. The summed E-state index contributed by atoms with van der Waals surface area (Å²) in [7, 11) is 1.85. The summed E-state index contributed by atoms with van der Waals surface area (Å²) in [5, 5.41) is 3.89. The molecule has 2 rings (SSSR count). The van der Waals surface area contributed by atoms with Gasteiger partial charge in [0.05, 0.1) is 0 Å². The number of Topliss-reactive ketones (excluding diaryl/α,β-unsaturated/α-hetero) is 1. The lowest BCUT2D eigenvalue weighted by atomic mass is 9.75. The first-order chi connectivity index (χ1) is 7.69. The molecule has 0 spiro atoms. The molecule has 0 unspecified atom stereocenters. The van der Waals surface area contributed by atoms with Crippen molar-refractivity contribution in [3.63, 3.8) is 0 Å². The van der Waals surface area contributed by atoms with Crippen LogP contribution >= 0.6 is 11.6 Å². The third kappa shape index (κ3) is 1.87. The summed E-state index contributed by atoms with van der Waals surface area (Å²) >= 11 is 5.99. The van der Waals surface area contributed by atoms with Gasteiger partial charge in [-0.1, -0.05) is 30.2 Å². The van der Waals surface area contributed by atoms with E-state index < -0.39 is 5.54 Å². The summed E-state index contributed by atoms with van der Waals surface area (Å²) in [4.78, 5) is 12.2. The maximum atomic E-state index is 12.2. The van der Waals surface area contributed by atoms with Crippen molar-refractivity contribution in [2.24, 2.45) is 0 Å². The van der Waals surface area contributed by atoms with Gasteiger partial charge < -0.3 is 5.32 Å². The van der Waals surface area contributed by atoms with E-state index in [0.29, 0.717) is 11.4 Å². The molecule has 0 aliphatic heterocycles. The Kier molecular flexibility index (Phi) is 3.31. The van der Waals surface area contributed by atoms with Crippen molar-refractivity contribution in [1.82, 2.24) is 5.32 Å². The van der Waals surface area contributed by atoms with Crippen LogP contribution in [-0.2, 0) is 10.3 Å². The molecule has 0 saturated heterocycles. The van der Waals surface area contributed by atoms with Crippen molar-refractivity contribution in [3.8, 4) is 0 Å². The highest BCUT2D eigenvalue weighted by Crippen LogP contribution is 2.34. The summed E-state index contributed by atoms with van der Waals surface area (Å²) in [5.74, 6) is 0.281. The fourth-order valence-electron chi connectivity index (χ4n) is 2.50. The van der Waals surface area contributed by atoms with Gasteiger partial charge >= 0.3 is 0 Å². The summed E-state index contributed by atoms with van der Waals surface area (Å²) in [6, 6.07) is 7.60. The number of carbonyl (C=O) groups is 1. The zero-order valence-corrected chi connectivity index (χ0v) is 10.2. The van der Waals surface area contributed by atoms with Crippen LogP contribution in [0.3, 0.4) is 0 Å². The van der Waals surface area contributed by atoms with E-state index in [1.807, 2.05) is 31.3 Å². The molecule has 1 aromatic rings. The zero-order chi connectivity index (χ0) is 11.6. The fraction of sp³-hybridized carbons (Fsp3) is 0.462. The smallest absolute Gasteiger partial charge is 0.157 e. The SMILES string of the molecule is CN[C@@]1(c2cccc(Cl)c2)CCCCC1=O. The van der Waals surface area contributed by atoms with Crippen LogP contribution < -0.4 is 5.32 Å². The van der Waals surface area contributed by atoms with Crippen LogP contribution in [0.4, 0.5) is 0 Å². The Morgan fingerprint density at radius 2 is 2.19 bits per heavy atom. The molecule has 3 heteroatoms. The molecule has 1 aromatic carbocycles.